The summed E-state index contributed by atoms with van der Waals surface area (Å²) in [6, 6.07) is 14.6. The maximum Gasteiger partial charge on any atom is 0.119 e. The van der Waals surface area contributed by atoms with E-state index in [1.54, 1.807) is 7.11 Å². The molecule has 0 spiro atoms. The molecule has 0 bridgehead atoms. The minimum absolute atomic E-state index is 0.911. The van der Waals surface area contributed by atoms with Crippen molar-refractivity contribution in [2.75, 3.05) is 7.11 Å². The maximum atomic E-state index is 5.28. The van der Waals surface area contributed by atoms with Gasteiger partial charge in [-0.2, -0.15) is 0 Å². The van der Waals surface area contributed by atoms with Crippen LogP contribution < -0.4 is 4.74 Å². The molecule has 3 aromatic rings. The Morgan fingerprint density at radius 2 is 1.95 bits per heavy atom. The highest BCUT2D eigenvalue weighted by atomic mass is 16.5. The number of rotatable bonds is 3. The molecule has 0 fully saturated rings. The molecule has 2 nitrogen and oxygen atoms in total. The summed E-state index contributed by atoms with van der Waals surface area (Å²) >= 11 is 0. The van der Waals surface area contributed by atoms with Crippen LogP contribution in [0, 0.1) is 6.92 Å². The van der Waals surface area contributed by atoms with Crippen molar-refractivity contribution in [3.8, 4) is 5.75 Å². The number of benzene rings is 2. The number of aromatic amines is 1. The molecule has 0 saturated carbocycles. The second-order valence-electron chi connectivity index (χ2n) is 4.84. The number of H-pyrrole nitrogens is 1. The molecule has 0 amide bonds. The van der Waals surface area contributed by atoms with Crippen molar-refractivity contribution in [2.24, 2.45) is 0 Å². The lowest BCUT2D eigenvalue weighted by Crippen LogP contribution is -1.89. The van der Waals surface area contributed by atoms with Gasteiger partial charge in [-0.05, 0) is 48.2 Å². The monoisotopic (exact) mass is 251 g/mol. The minimum atomic E-state index is 0.911. The molecule has 1 heterocycles. The van der Waals surface area contributed by atoms with E-state index in [1.165, 1.54) is 27.6 Å². The summed E-state index contributed by atoms with van der Waals surface area (Å²) in [7, 11) is 1.70. The highest BCUT2D eigenvalue weighted by molar-refractivity contribution is 5.86. The summed E-state index contributed by atoms with van der Waals surface area (Å²) in [5, 5.41) is 1.34. The van der Waals surface area contributed by atoms with Crippen LogP contribution in [-0.4, -0.2) is 12.1 Å². The van der Waals surface area contributed by atoms with Gasteiger partial charge in [0, 0.05) is 17.1 Å². The molecule has 0 aliphatic carbocycles. The topological polar surface area (TPSA) is 25.0 Å². The van der Waals surface area contributed by atoms with Gasteiger partial charge in [-0.3, -0.25) is 0 Å². The predicted octanol–water partition coefficient (Wildman–Crippen LogP) is 4.08. The lowest BCUT2D eigenvalue weighted by atomic mass is 10.0. The van der Waals surface area contributed by atoms with E-state index in [0.717, 1.165) is 12.2 Å². The molecule has 19 heavy (non-hydrogen) atoms. The Morgan fingerprint density at radius 3 is 2.79 bits per heavy atom. The smallest absolute Gasteiger partial charge is 0.119 e. The van der Waals surface area contributed by atoms with E-state index in [-0.39, 0.29) is 0 Å². The number of fused-ring (bicyclic) bond motifs is 1. The van der Waals surface area contributed by atoms with Gasteiger partial charge >= 0.3 is 0 Å². The van der Waals surface area contributed by atoms with Crippen LogP contribution in [0.2, 0.25) is 0 Å². The molecule has 1 aromatic heterocycles. The van der Waals surface area contributed by atoms with E-state index < -0.39 is 0 Å². The van der Waals surface area contributed by atoms with Gasteiger partial charge in [0.25, 0.3) is 0 Å². The molecule has 96 valence electrons. The quantitative estimate of drug-likeness (QED) is 0.745. The Balaban J connectivity index is 2.01. The molecule has 0 unspecified atom stereocenters. The molecule has 0 radical (unpaired) electrons. The Hall–Kier alpha value is -2.22. The van der Waals surface area contributed by atoms with Crippen LogP contribution in [0.15, 0.2) is 48.7 Å². The highest BCUT2D eigenvalue weighted by Crippen LogP contribution is 2.25. The van der Waals surface area contributed by atoms with Gasteiger partial charge in [0.2, 0.25) is 0 Å². The minimum Gasteiger partial charge on any atom is -0.497 e. The molecule has 0 aliphatic rings. The van der Waals surface area contributed by atoms with E-state index >= 15 is 0 Å². The molecule has 2 aromatic carbocycles. The summed E-state index contributed by atoms with van der Waals surface area (Å²) in [5.41, 5.74) is 5.12. The van der Waals surface area contributed by atoms with E-state index in [9.17, 15) is 0 Å². The van der Waals surface area contributed by atoms with E-state index in [2.05, 4.69) is 48.4 Å². The summed E-state index contributed by atoms with van der Waals surface area (Å²) in [4.78, 5) is 3.35. The maximum absolute atomic E-state index is 5.28. The molecule has 2 heteroatoms. The summed E-state index contributed by atoms with van der Waals surface area (Å²) in [6.07, 6.45) is 3.03. The van der Waals surface area contributed by atoms with Gasteiger partial charge in [0.1, 0.15) is 5.75 Å². The second kappa shape index (κ2) is 4.81. The third kappa shape index (κ3) is 2.22. The van der Waals surface area contributed by atoms with Crippen molar-refractivity contribution in [1.82, 2.24) is 4.98 Å². The van der Waals surface area contributed by atoms with Gasteiger partial charge in [-0.25, -0.2) is 0 Å². The molecule has 3 rings (SSSR count). The van der Waals surface area contributed by atoms with Gasteiger partial charge in [0.15, 0.2) is 0 Å². The van der Waals surface area contributed by atoms with Crippen molar-refractivity contribution in [3.63, 3.8) is 0 Å². The van der Waals surface area contributed by atoms with Crippen LogP contribution in [0.25, 0.3) is 10.9 Å². The first-order chi connectivity index (χ1) is 9.28. The zero-order valence-corrected chi connectivity index (χ0v) is 11.2. The fourth-order valence-electron chi connectivity index (χ4n) is 2.59. The number of ether oxygens (including phenoxy) is 1. The molecular formula is C17H17NO. The van der Waals surface area contributed by atoms with Crippen LogP contribution in [0.3, 0.4) is 0 Å². The lowest BCUT2D eigenvalue weighted by Gasteiger charge is -2.05. The van der Waals surface area contributed by atoms with Gasteiger partial charge in [0.05, 0.1) is 7.11 Å². The SMILES string of the molecule is COc1cccc(Cc2c[nH]c3cccc(C)c23)c1. The highest BCUT2D eigenvalue weighted by Gasteiger charge is 2.07. The van der Waals surface area contributed by atoms with E-state index in [1.807, 2.05) is 12.1 Å². The first-order valence-electron chi connectivity index (χ1n) is 6.46. The van der Waals surface area contributed by atoms with Crippen molar-refractivity contribution in [2.45, 2.75) is 13.3 Å². The Bertz CT molecular complexity index is 712. The second-order valence-corrected chi connectivity index (χ2v) is 4.84. The number of hydrogen-bond acceptors (Lipinski definition) is 1. The normalized spacial score (nSPS) is 10.8. The van der Waals surface area contributed by atoms with E-state index in [0.29, 0.717) is 0 Å². The molecule has 0 saturated heterocycles. The van der Waals surface area contributed by atoms with Gasteiger partial charge in [-0.15, -0.1) is 0 Å². The lowest BCUT2D eigenvalue weighted by molar-refractivity contribution is 0.414. The van der Waals surface area contributed by atoms with Crippen LogP contribution in [0.1, 0.15) is 16.7 Å². The van der Waals surface area contributed by atoms with Crippen molar-refractivity contribution in [1.29, 1.82) is 0 Å². The van der Waals surface area contributed by atoms with Crippen LogP contribution in [0.5, 0.6) is 5.75 Å². The first-order valence-corrected chi connectivity index (χ1v) is 6.46. The third-order valence-corrected chi connectivity index (χ3v) is 3.52. The zero-order chi connectivity index (χ0) is 13.2. The van der Waals surface area contributed by atoms with Crippen molar-refractivity contribution < 1.29 is 4.74 Å². The summed E-state index contributed by atoms with van der Waals surface area (Å²) in [6.45, 7) is 2.16. The zero-order valence-electron chi connectivity index (χ0n) is 11.2. The molecule has 0 atom stereocenters. The van der Waals surface area contributed by atoms with Crippen LogP contribution in [0.4, 0.5) is 0 Å². The average molecular weight is 251 g/mol. The number of methoxy groups -OCH3 is 1. The third-order valence-electron chi connectivity index (χ3n) is 3.52. The Labute approximate surface area is 113 Å². The molecule has 1 N–H and O–H groups in total. The fourth-order valence-corrected chi connectivity index (χ4v) is 2.59. The fraction of sp³-hybridized carbons (Fsp3) is 0.176. The number of aromatic nitrogens is 1. The molecule has 0 aliphatic heterocycles. The summed E-state index contributed by atoms with van der Waals surface area (Å²) < 4.78 is 5.28. The van der Waals surface area contributed by atoms with Crippen LogP contribution >= 0.6 is 0 Å². The Morgan fingerprint density at radius 1 is 1.11 bits per heavy atom. The number of aryl methyl sites for hydroxylation is 1. The Kier molecular flexibility index (Phi) is 3.00. The predicted molar refractivity (Wildman–Crippen MR) is 78.8 cm³/mol. The van der Waals surface area contributed by atoms with Crippen molar-refractivity contribution >= 4 is 10.9 Å². The van der Waals surface area contributed by atoms with E-state index in [4.69, 9.17) is 4.74 Å². The van der Waals surface area contributed by atoms with Crippen LogP contribution in [-0.2, 0) is 6.42 Å². The van der Waals surface area contributed by atoms with Gasteiger partial charge < -0.3 is 9.72 Å². The van der Waals surface area contributed by atoms with Crippen molar-refractivity contribution in [3.05, 3.63) is 65.4 Å². The average Bonchev–Trinajstić information content (AvgIpc) is 2.84. The summed E-state index contributed by atoms with van der Waals surface area (Å²) in [5.74, 6) is 0.911. The van der Waals surface area contributed by atoms with Gasteiger partial charge in [-0.1, -0.05) is 24.3 Å². The molecular weight excluding hydrogens is 234 g/mol. The standard InChI is InChI=1S/C17H17NO/c1-12-5-3-8-16-17(12)14(11-18-16)9-13-6-4-7-15(10-13)19-2/h3-8,10-11,18H,9H2,1-2H3. The number of hydrogen-bond donors (Lipinski definition) is 1. The largest absolute Gasteiger partial charge is 0.497 e. The number of nitrogens with one attached hydrogen (secondary N) is 1. The first kappa shape index (κ1) is 11.8.